The predicted octanol–water partition coefficient (Wildman–Crippen LogP) is 2.29. The fourth-order valence-corrected chi connectivity index (χ4v) is 1.19. The maximum atomic E-state index is 12.5. The lowest BCUT2D eigenvalue weighted by Gasteiger charge is -2.24. The van der Waals surface area contributed by atoms with Crippen molar-refractivity contribution in [2.45, 2.75) is 44.8 Å². The minimum absolute atomic E-state index is 0.113. The molecule has 6 heteroatoms. The van der Waals surface area contributed by atoms with Crippen LogP contribution in [0.15, 0.2) is 0 Å². The molecule has 2 unspecified atom stereocenters. The molecule has 0 amide bonds. The molecular formula is C9H17F4NO. The van der Waals surface area contributed by atoms with Crippen molar-refractivity contribution in [3.05, 3.63) is 0 Å². The molecule has 0 aliphatic heterocycles. The van der Waals surface area contributed by atoms with Gasteiger partial charge in [0.25, 0.3) is 0 Å². The van der Waals surface area contributed by atoms with Crippen LogP contribution in [-0.2, 0) is 4.74 Å². The van der Waals surface area contributed by atoms with Crippen molar-refractivity contribution in [1.82, 2.24) is 5.32 Å². The van der Waals surface area contributed by atoms with Crippen LogP contribution in [0.2, 0.25) is 0 Å². The van der Waals surface area contributed by atoms with E-state index in [4.69, 9.17) is 4.74 Å². The second-order valence-electron chi connectivity index (χ2n) is 3.38. The quantitative estimate of drug-likeness (QED) is 0.679. The van der Waals surface area contributed by atoms with Gasteiger partial charge in [0, 0.05) is 6.04 Å². The molecule has 2 atom stereocenters. The largest absolute Gasteiger partial charge is 0.370 e. The molecule has 1 N–H and O–H groups in total. The molecule has 15 heavy (non-hydrogen) atoms. The summed E-state index contributed by atoms with van der Waals surface area (Å²) in [6.45, 7) is 2.18. The van der Waals surface area contributed by atoms with Gasteiger partial charge in [-0.25, -0.2) is 8.78 Å². The number of halogens is 4. The number of hydrogen-bond acceptors (Lipinski definition) is 2. The van der Waals surface area contributed by atoms with E-state index in [0.717, 1.165) is 0 Å². The van der Waals surface area contributed by atoms with E-state index in [9.17, 15) is 17.6 Å². The second-order valence-corrected chi connectivity index (χ2v) is 3.38. The van der Waals surface area contributed by atoms with Crippen LogP contribution in [0.3, 0.4) is 0 Å². The first-order valence-corrected chi connectivity index (χ1v) is 4.80. The van der Waals surface area contributed by atoms with Crippen LogP contribution in [0.1, 0.15) is 20.3 Å². The van der Waals surface area contributed by atoms with Crippen LogP contribution >= 0.6 is 0 Å². The highest BCUT2D eigenvalue weighted by atomic mass is 19.3. The highest BCUT2D eigenvalue weighted by Gasteiger charge is 2.41. The molecule has 0 rings (SSSR count). The number of hydrogen-bond donors (Lipinski definition) is 1. The molecule has 0 heterocycles. The average Bonchev–Trinajstić information content (AvgIpc) is 2.16. The molecule has 0 aromatic carbocycles. The zero-order valence-electron chi connectivity index (χ0n) is 9.07. The van der Waals surface area contributed by atoms with Gasteiger partial charge in [-0.2, -0.15) is 8.78 Å². The van der Waals surface area contributed by atoms with E-state index in [0.29, 0.717) is 6.42 Å². The third-order valence-corrected chi connectivity index (χ3v) is 2.24. The maximum Gasteiger partial charge on any atom is 0.330 e. The first-order valence-electron chi connectivity index (χ1n) is 4.80. The van der Waals surface area contributed by atoms with Crippen molar-refractivity contribution in [2.75, 3.05) is 13.7 Å². The van der Waals surface area contributed by atoms with Crippen molar-refractivity contribution in [3.63, 3.8) is 0 Å². The Morgan fingerprint density at radius 2 is 1.87 bits per heavy atom. The molecule has 0 aliphatic carbocycles. The molecule has 0 aromatic heterocycles. The highest BCUT2D eigenvalue weighted by molar-refractivity contribution is 4.73. The van der Waals surface area contributed by atoms with Crippen LogP contribution < -0.4 is 5.32 Å². The second kappa shape index (κ2) is 6.27. The van der Waals surface area contributed by atoms with Gasteiger partial charge in [0.2, 0.25) is 0 Å². The Morgan fingerprint density at radius 3 is 2.20 bits per heavy atom. The normalized spacial score (nSPS) is 16.8. The van der Waals surface area contributed by atoms with Crippen molar-refractivity contribution in [2.24, 2.45) is 0 Å². The summed E-state index contributed by atoms with van der Waals surface area (Å²) >= 11 is 0. The van der Waals surface area contributed by atoms with Crippen LogP contribution in [0.25, 0.3) is 0 Å². The summed E-state index contributed by atoms with van der Waals surface area (Å²) in [6, 6.07) is -0.113. The maximum absolute atomic E-state index is 12.5. The molecule has 0 radical (unpaired) electrons. The molecule has 0 aromatic rings. The van der Waals surface area contributed by atoms with E-state index >= 15 is 0 Å². The van der Waals surface area contributed by atoms with Crippen molar-refractivity contribution in [1.29, 1.82) is 0 Å². The van der Waals surface area contributed by atoms with Gasteiger partial charge in [-0.05, 0) is 20.4 Å². The SMILES string of the molecule is CCC(NC)C(C)OCC(F)(F)C(F)F. The molecule has 0 aliphatic rings. The number of ether oxygens (including phenoxy) is 1. The van der Waals surface area contributed by atoms with Crippen molar-refractivity contribution < 1.29 is 22.3 Å². The first-order chi connectivity index (χ1) is 6.85. The smallest absolute Gasteiger partial charge is 0.330 e. The lowest BCUT2D eigenvalue weighted by atomic mass is 10.1. The molecule has 0 saturated carbocycles. The summed E-state index contributed by atoms with van der Waals surface area (Å²) < 4.78 is 53.2. The van der Waals surface area contributed by atoms with E-state index < -0.39 is 25.1 Å². The van der Waals surface area contributed by atoms with Gasteiger partial charge in [-0.15, -0.1) is 0 Å². The molecule has 0 fully saturated rings. The van der Waals surface area contributed by atoms with E-state index in [2.05, 4.69) is 5.32 Å². The van der Waals surface area contributed by atoms with Crippen LogP contribution in [-0.4, -0.2) is 38.1 Å². The standard InChI is InChI=1S/C9H17F4NO/c1-4-7(14-3)6(2)15-5-9(12,13)8(10)11/h6-8,14H,4-5H2,1-3H3. The van der Waals surface area contributed by atoms with Gasteiger partial charge in [0.1, 0.15) is 6.61 Å². The molecule has 0 saturated heterocycles. The summed E-state index contributed by atoms with van der Waals surface area (Å²) in [5.74, 6) is -4.07. The minimum Gasteiger partial charge on any atom is -0.370 e. The molecule has 0 spiro atoms. The zero-order valence-corrected chi connectivity index (χ0v) is 9.07. The average molecular weight is 231 g/mol. The number of nitrogens with one attached hydrogen (secondary N) is 1. The van der Waals surface area contributed by atoms with Crippen molar-refractivity contribution >= 4 is 0 Å². The Balaban J connectivity index is 4.04. The van der Waals surface area contributed by atoms with Gasteiger partial charge < -0.3 is 10.1 Å². The molecular weight excluding hydrogens is 214 g/mol. The summed E-state index contributed by atoms with van der Waals surface area (Å²) in [4.78, 5) is 0. The topological polar surface area (TPSA) is 21.3 Å². The third kappa shape index (κ3) is 4.79. The number of alkyl halides is 4. The Morgan fingerprint density at radius 1 is 1.33 bits per heavy atom. The number of likely N-dealkylation sites (N-methyl/N-ethyl adjacent to an activating group) is 1. The van der Waals surface area contributed by atoms with Crippen LogP contribution in [0.4, 0.5) is 17.6 Å². The zero-order chi connectivity index (χ0) is 12.1. The van der Waals surface area contributed by atoms with E-state index in [1.807, 2.05) is 6.92 Å². The number of rotatable bonds is 7. The highest BCUT2D eigenvalue weighted by Crippen LogP contribution is 2.23. The monoisotopic (exact) mass is 231 g/mol. The lowest BCUT2D eigenvalue weighted by molar-refractivity contribution is -0.176. The Kier molecular flexibility index (Phi) is 6.12. The Labute approximate surface area is 87.0 Å². The lowest BCUT2D eigenvalue weighted by Crippen LogP contribution is -2.41. The van der Waals surface area contributed by atoms with Gasteiger partial charge in [-0.1, -0.05) is 6.92 Å². The first kappa shape index (κ1) is 14.6. The third-order valence-electron chi connectivity index (χ3n) is 2.24. The van der Waals surface area contributed by atoms with Crippen molar-refractivity contribution in [3.8, 4) is 0 Å². The van der Waals surface area contributed by atoms with Gasteiger partial charge in [0.05, 0.1) is 6.10 Å². The van der Waals surface area contributed by atoms with E-state index in [1.165, 1.54) is 0 Å². The minimum atomic E-state index is -4.07. The Bertz CT molecular complexity index is 173. The summed E-state index contributed by atoms with van der Waals surface area (Å²) in [7, 11) is 1.67. The molecule has 2 nitrogen and oxygen atoms in total. The van der Waals surface area contributed by atoms with Crippen LogP contribution in [0.5, 0.6) is 0 Å². The van der Waals surface area contributed by atoms with Crippen LogP contribution in [0, 0.1) is 0 Å². The van der Waals surface area contributed by atoms with E-state index in [1.54, 1.807) is 14.0 Å². The fraction of sp³-hybridized carbons (Fsp3) is 1.00. The summed E-state index contributed by atoms with van der Waals surface area (Å²) in [6.07, 6.45) is -3.53. The van der Waals surface area contributed by atoms with Gasteiger partial charge in [0.15, 0.2) is 0 Å². The van der Waals surface area contributed by atoms with E-state index in [-0.39, 0.29) is 6.04 Å². The molecule has 0 bridgehead atoms. The fourth-order valence-electron chi connectivity index (χ4n) is 1.19. The predicted molar refractivity (Wildman–Crippen MR) is 49.5 cm³/mol. The van der Waals surface area contributed by atoms with Gasteiger partial charge >= 0.3 is 12.3 Å². The molecule has 92 valence electrons. The van der Waals surface area contributed by atoms with Gasteiger partial charge in [-0.3, -0.25) is 0 Å². The summed E-state index contributed by atoms with van der Waals surface area (Å²) in [5.41, 5.74) is 0. The summed E-state index contributed by atoms with van der Waals surface area (Å²) in [5, 5.41) is 2.86. The Hall–Kier alpha value is -0.360.